The Bertz CT molecular complexity index is 1040. The third-order valence-corrected chi connectivity index (χ3v) is 8.50. The molecule has 1 heterocycles. The standard InChI is InChI=1S/C28H45N3O6S/c1-20(2)19-23-22(27(34)37-28(3,4)5)15-12-18-31(38(35,36)21-13-8-7-9-14-21)17-11-10-16-24(26(33)29-6)30-25(23)32/h7-9,13-14,20,22-24H,10-12,15-19H2,1-6H3,(H,29,33)(H,30,32)/t22-,23+,24-/m0/s1. The van der Waals surface area contributed by atoms with Crippen molar-refractivity contribution in [3.8, 4) is 0 Å². The van der Waals surface area contributed by atoms with Gasteiger partial charge in [-0.05, 0) is 77.3 Å². The van der Waals surface area contributed by atoms with Gasteiger partial charge < -0.3 is 15.4 Å². The van der Waals surface area contributed by atoms with E-state index in [1.54, 1.807) is 51.1 Å². The van der Waals surface area contributed by atoms with E-state index in [4.69, 9.17) is 4.74 Å². The lowest BCUT2D eigenvalue weighted by Gasteiger charge is -2.31. The van der Waals surface area contributed by atoms with Gasteiger partial charge in [-0.25, -0.2) is 8.42 Å². The van der Waals surface area contributed by atoms with Gasteiger partial charge in [0.05, 0.1) is 16.7 Å². The van der Waals surface area contributed by atoms with Crippen molar-refractivity contribution in [2.45, 2.75) is 89.7 Å². The minimum Gasteiger partial charge on any atom is -0.460 e. The monoisotopic (exact) mass is 551 g/mol. The first-order valence-electron chi connectivity index (χ1n) is 13.6. The maximum Gasteiger partial charge on any atom is 0.310 e. The molecule has 1 fully saturated rings. The topological polar surface area (TPSA) is 122 Å². The maximum atomic E-state index is 13.6. The van der Waals surface area contributed by atoms with Gasteiger partial charge in [0, 0.05) is 20.1 Å². The van der Waals surface area contributed by atoms with Crippen molar-refractivity contribution >= 4 is 27.8 Å². The molecule has 1 aliphatic heterocycles. The van der Waals surface area contributed by atoms with Crippen LogP contribution in [0, 0.1) is 17.8 Å². The normalized spacial score (nSPS) is 22.9. The number of rotatable bonds is 6. The fourth-order valence-electron chi connectivity index (χ4n) is 4.76. The highest BCUT2D eigenvalue weighted by Gasteiger charge is 2.38. The van der Waals surface area contributed by atoms with Crippen LogP contribution in [0.5, 0.6) is 0 Å². The van der Waals surface area contributed by atoms with Crippen LogP contribution >= 0.6 is 0 Å². The minimum atomic E-state index is -3.75. The molecular weight excluding hydrogens is 506 g/mol. The minimum absolute atomic E-state index is 0.111. The van der Waals surface area contributed by atoms with Crippen molar-refractivity contribution in [2.24, 2.45) is 17.8 Å². The molecule has 1 aromatic rings. The molecule has 2 N–H and O–H groups in total. The molecule has 0 saturated carbocycles. The Morgan fingerprint density at radius 2 is 1.71 bits per heavy atom. The molecule has 10 heteroatoms. The second kappa shape index (κ2) is 14.1. The number of likely N-dealkylation sites (N-methyl/N-ethyl adjacent to an activating group) is 1. The number of benzene rings is 1. The fourth-order valence-corrected chi connectivity index (χ4v) is 6.30. The summed E-state index contributed by atoms with van der Waals surface area (Å²) in [5, 5.41) is 5.49. The molecule has 2 rings (SSSR count). The average Bonchev–Trinajstić information content (AvgIpc) is 2.85. The van der Waals surface area contributed by atoms with Crippen LogP contribution in [-0.4, -0.2) is 62.3 Å². The van der Waals surface area contributed by atoms with E-state index in [9.17, 15) is 22.8 Å². The number of ether oxygens (including phenoxy) is 1. The number of hydrogen-bond donors (Lipinski definition) is 2. The van der Waals surface area contributed by atoms with E-state index >= 15 is 0 Å². The van der Waals surface area contributed by atoms with Crippen molar-refractivity contribution in [2.75, 3.05) is 20.1 Å². The molecule has 0 bridgehead atoms. The number of hydrogen-bond acceptors (Lipinski definition) is 6. The summed E-state index contributed by atoms with van der Waals surface area (Å²) < 4.78 is 34.1. The molecule has 214 valence electrons. The Balaban J connectivity index is 2.46. The van der Waals surface area contributed by atoms with Crippen molar-refractivity contribution in [1.82, 2.24) is 14.9 Å². The van der Waals surface area contributed by atoms with Gasteiger partial charge in [-0.15, -0.1) is 0 Å². The fraction of sp³-hybridized carbons (Fsp3) is 0.679. The summed E-state index contributed by atoms with van der Waals surface area (Å²) in [4.78, 5) is 39.8. The summed E-state index contributed by atoms with van der Waals surface area (Å²) >= 11 is 0. The maximum absolute atomic E-state index is 13.6. The quantitative estimate of drug-likeness (QED) is 0.522. The smallest absolute Gasteiger partial charge is 0.310 e. The third-order valence-electron chi connectivity index (χ3n) is 6.59. The highest BCUT2D eigenvalue weighted by Crippen LogP contribution is 2.29. The van der Waals surface area contributed by atoms with Gasteiger partial charge in [0.25, 0.3) is 0 Å². The van der Waals surface area contributed by atoms with Crippen LogP contribution in [0.15, 0.2) is 35.2 Å². The van der Waals surface area contributed by atoms with Crippen LogP contribution < -0.4 is 10.6 Å². The van der Waals surface area contributed by atoms with E-state index in [-0.39, 0.29) is 42.1 Å². The Morgan fingerprint density at radius 3 is 2.29 bits per heavy atom. The van der Waals surface area contributed by atoms with Crippen LogP contribution in [0.3, 0.4) is 0 Å². The number of sulfonamides is 1. The van der Waals surface area contributed by atoms with Gasteiger partial charge in [-0.2, -0.15) is 4.31 Å². The van der Waals surface area contributed by atoms with Crippen LogP contribution in [-0.2, 0) is 29.1 Å². The summed E-state index contributed by atoms with van der Waals surface area (Å²) in [7, 11) is -2.24. The lowest BCUT2D eigenvalue weighted by atomic mass is 9.81. The van der Waals surface area contributed by atoms with E-state index in [1.807, 2.05) is 13.8 Å². The molecule has 1 saturated heterocycles. The first-order valence-corrected chi connectivity index (χ1v) is 15.0. The zero-order chi connectivity index (χ0) is 28.5. The van der Waals surface area contributed by atoms with Crippen LogP contribution in [0.4, 0.5) is 0 Å². The summed E-state index contributed by atoms with van der Waals surface area (Å²) in [5.74, 6) is -2.53. The summed E-state index contributed by atoms with van der Waals surface area (Å²) in [6, 6.07) is 7.51. The molecule has 1 aliphatic rings. The molecular formula is C28H45N3O6S. The van der Waals surface area contributed by atoms with E-state index in [0.717, 1.165) is 0 Å². The van der Waals surface area contributed by atoms with Crippen LogP contribution in [0.25, 0.3) is 0 Å². The van der Waals surface area contributed by atoms with Gasteiger partial charge in [-0.1, -0.05) is 32.0 Å². The largest absolute Gasteiger partial charge is 0.460 e. The average molecular weight is 552 g/mol. The zero-order valence-corrected chi connectivity index (χ0v) is 24.5. The Kier molecular flexibility index (Phi) is 11.8. The second-order valence-electron chi connectivity index (χ2n) is 11.4. The second-order valence-corrected chi connectivity index (χ2v) is 13.3. The van der Waals surface area contributed by atoms with Crippen LogP contribution in [0.2, 0.25) is 0 Å². The molecule has 0 aliphatic carbocycles. The number of esters is 1. The van der Waals surface area contributed by atoms with Gasteiger partial charge in [-0.3, -0.25) is 14.4 Å². The highest BCUT2D eigenvalue weighted by atomic mass is 32.2. The van der Waals surface area contributed by atoms with Crippen LogP contribution in [0.1, 0.15) is 73.1 Å². The molecule has 38 heavy (non-hydrogen) atoms. The highest BCUT2D eigenvalue weighted by molar-refractivity contribution is 7.89. The molecule has 0 aromatic heterocycles. The third kappa shape index (κ3) is 9.38. The molecule has 0 unspecified atom stereocenters. The number of carbonyl (C=O) groups excluding carboxylic acids is 3. The summed E-state index contributed by atoms with van der Waals surface area (Å²) in [5.41, 5.74) is -0.746. The van der Waals surface area contributed by atoms with Crippen molar-refractivity contribution in [3.63, 3.8) is 0 Å². The molecule has 3 atom stereocenters. The lowest BCUT2D eigenvalue weighted by Crippen LogP contribution is -2.50. The van der Waals surface area contributed by atoms with Crippen molar-refractivity contribution < 1.29 is 27.5 Å². The van der Waals surface area contributed by atoms with E-state index in [2.05, 4.69) is 10.6 Å². The Morgan fingerprint density at radius 1 is 1.08 bits per heavy atom. The first-order chi connectivity index (χ1) is 17.8. The molecule has 9 nitrogen and oxygen atoms in total. The van der Waals surface area contributed by atoms with E-state index in [1.165, 1.54) is 11.4 Å². The summed E-state index contributed by atoms with van der Waals surface area (Å²) in [6.45, 7) is 9.77. The van der Waals surface area contributed by atoms with Crippen molar-refractivity contribution in [1.29, 1.82) is 0 Å². The van der Waals surface area contributed by atoms with Gasteiger partial charge >= 0.3 is 5.97 Å². The number of nitrogens with zero attached hydrogens (tertiary/aromatic N) is 1. The number of amides is 2. The Labute approximate surface area is 228 Å². The molecule has 2 amide bonds. The number of carbonyl (C=O) groups is 3. The lowest BCUT2D eigenvalue weighted by molar-refractivity contribution is -0.164. The number of nitrogens with one attached hydrogen (secondary N) is 2. The van der Waals surface area contributed by atoms with Gasteiger partial charge in [0.2, 0.25) is 21.8 Å². The van der Waals surface area contributed by atoms with Gasteiger partial charge in [0.1, 0.15) is 11.6 Å². The van der Waals surface area contributed by atoms with E-state index in [0.29, 0.717) is 32.1 Å². The zero-order valence-electron chi connectivity index (χ0n) is 23.7. The first kappa shape index (κ1) is 31.8. The molecule has 0 radical (unpaired) electrons. The Hall–Kier alpha value is -2.46. The molecule has 1 aromatic carbocycles. The van der Waals surface area contributed by atoms with E-state index < -0.39 is 39.5 Å². The van der Waals surface area contributed by atoms with Gasteiger partial charge in [0.15, 0.2) is 0 Å². The predicted molar refractivity (Wildman–Crippen MR) is 147 cm³/mol. The predicted octanol–water partition coefficient (Wildman–Crippen LogP) is 3.49. The SMILES string of the molecule is CNC(=O)[C@@H]1CCCCN(S(=O)(=O)c2ccccc2)CCC[C@H](C(=O)OC(C)(C)C)[C@@H](CC(C)C)C(=O)N1. The molecule has 0 spiro atoms. The summed E-state index contributed by atoms with van der Waals surface area (Å²) in [6.07, 6.45) is 2.53. The van der Waals surface area contributed by atoms with Crippen molar-refractivity contribution in [3.05, 3.63) is 30.3 Å².